The van der Waals surface area contributed by atoms with Crippen LogP contribution in [0.1, 0.15) is 39.0 Å². The van der Waals surface area contributed by atoms with Gasteiger partial charge in [0, 0.05) is 6.42 Å². The maximum absolute atomic E-state index is 12.2. The second-order valence-corrected chi connectivity index (χ2v) is 5.15. The number of carbonyl (C=O) groups excluding carboxylic acids is 1. The van der Waals surface area contributed by atoms with E-state index in [1.807, 2.05) is 0 Å². The molecule has 3 aliphatic rings. The zero-order valence-electron chi connectivity index (χ0n) is 8.73. The van der Waals surface area contributed by atoms with Gasteiger partial charge in [0.25, 0.3) is 0 Å². The molecule has 14 heavy (non-hydrogen) atoms. The van der Waals surface area contributed by atoms with E-state index in [4.69, 9.17) is 0 Å². The van der Waals surface area contributed by atoms with E-state index in [0.29, 0.717) is 5.78 Å². The van der Waals surface area contributed by atoms with E-state index in [1.54, 1.807) is 0 Å². The molecule has 0 N–H and O–H groups in total. The number of Topliss-reactive ketones (excluding diaryl/α,β-unsaturated/α-hetero) is 1. The van der Waals surface area contributed by atoms with Crippen LogP contribution in [-0.2, 0) is 4.79 Å². The predicted octanol–water partition coefficient (Wildman–Crippen LogP) is 3.02. The van der Waals surface area contributed by atoms with Crippen LogP contribution in [0.5, 0.6) is 0 Å². The summed E-state index contributed by atoms with van der Waals surface area (Å²) in [5.41, 5.74) is 2.56. The lowest BCUT2D eigenvalue weighted by Gasteiger charge is -2.35. The molecule has 0 radical (unpaired) electrons. The first-order valence-corrected chi connectivity index (χ1v) is 5.52. The SMILES string of the molecule is C=C1CCC23CC=C(C)C12C(=O)CC3. The minimum Gasteiger partial charge on any atom is -0.298 e. The fourth-order valence-corrected chi connectivity index (χ4v) is 4.26. The molecule has 0 aromatic heterocycles. The normalized spacial score (nSPS) is 45.4. The summed E-state index contributed by atoms with van der Waals surface area (Å²) in [5.74, 6) is 0.450. The molecule has 0 amide bonds. The van der Waals surface area contributed by atoms with E-state index >= 15 is 0 Å². The molecule has 0 bridgehead atoms. The highest BCUT2D eigenvalue weighted by Gasteiger charge is 2.66. The van der Waals surface area contributed by atoms with E-state index in [9.17, 15) is 4.79 Å². The lowest BCUT2D eigenvalue weighted by atomic mass is 9.66. The van der Waals surface area contributed by atoms with Gasteiger partial charge in [-0.3, -0.25) is 4.79 Å². The average molecular weight is 188 g/mol. The Morgan fingerprint density at radius 3 is 2.79 bits per heavy atom. The Kier molecular flexibility index (Phi) is 1.33. The molecule has 0 spiro atoms. The van der Waals surface area contributed by atoms with Crippen molar-refractivity contribution in [3.8, 4) is 0 Å². The van der Waals surface area contributed by atoms with Crippen molar-refractivity contribution in [1.29, 1.82) is 0 Å². The van der Waals surface area contributed by atoms with Crippen LogP contribution in [0, 0.1) is 10.8 Å². The first-order chi connectivity index (χ1) is 6.63. The Hall–Kier alpha value is -0.850. The smallest absolute Gasteiger partial charge is 0.147 e. The molecule has 0 aliphatic heterocycles. The number of hydrogen-bond acceptors (Lipinski definition) is 1. The summed E-state index contributed by atoms with van der Waals surface area (Å²) in [6.45, 7) is 6.29. The standard InChI is InChI=1S/C13H16O/c1-9-3-6-12-7-4-10(2)13(9,12)11(14)5-8-12/h4H,1,3,5-8H2,2H3. The van der Waals surface area contributed by atoms with Crippen molar-refractivity contribution < 1.29 is 4.79 Å². The molecule has 2 saturated carbocycles. The van der Waals surface area contributed by atoms with Gasteiger partial charge in [-0.15, -0.1) is 0 Å². The zero-order chi connectivity index (χ0) is 9.97. The minimum absolute atomic E-state index is 0.201. The van der Waals surface area contributed by atoms with E-state index in [0.717, 1.165) is 25.7 Å². The van der Waals surface area contributed by atoms with Gasteiger partial charge in [0.1, 0.15) is 5.78 Å². The number of hydrogen-bond donors (Lipinski definition) is 0. The van der Waals surface area contributed by atoms with Gasteiger partial charge < -0.3 is 0 Å². The van der Waals surface area contributed by atoms with Gasteiger partial charge in [-0.2, -0.15) is 0 Å². The number of rotatable bonds is 0. The number of carbonyl (C=O) groups is 1. The van der Waals surface area contributed by atoms with Crippen LogP contribution in [-0.4, -0.2) is 5.78 Å². The van der Waals surface area contributed by atoms with Crippen molar-refractivity contribution in [2.24, 2.45) is 10.8 Å². The maximum Gasteiger partial charge on any atom is 0.147 e. The van der Waals surface area contributed by atoms with Crippen LogP contribution in [0.15, 0.2) is 23.8 Å². The molecule has 1 nitrogen and oxygen atoms in total. The molecule has 0 heterocycles. The molecular formula is C13H16O. The van der Waals surface area contributed by atoms with Crippen molar-refractivity contribution in [1.82, 2.24) is 0 Å². The molecule has 2 atom stereocenters. The summed E-state index contributed by atoms with van der Waals surface area (Å²) in [6, 6.07) is 0. The van der Waals surface area contributed by atoms with Crippen LogP contribution in [0.4, 0.5) is 0 Å². The molecule has 2 unspecified atom stereocenters. The van der Waals surface area contributed by atoms with E-state index in [-0.39, 0.29) is 10.8 Å². The first-order valence-electron chi connectivity index (χ1n) is 5.52. The molecule has 0 aromatic carbocycles. The quantitative estimate of drug-likeness (QED) is 0.534. The van der Waals surface area contributed by atoms with Crippen LogP contribution < -0.4 is 0 Å². The molecule has 0 aromatic rings. The summed E-state index contributed by atoms with van der Waals surface area (Å²) >= 11 is 0. The Morgan fingerprint density at radius 2 is 2.07 bits per heavy atom. The second kappa shape index (κ2) is 2.21. The van der Waals surface area contributed by atoms with Crippen molar-refractivity contribution in [3.05, 3.63) is 23.8 Å². The summed E-state index contributed by atoms with van der Waals surface area (Å²) < 4.78 is 0. The molecule has 74 valence electrons. The predicted molar refractivity (Wildman–Crippen MR) is 55.9 cm³/mol. The van der Waals surface area contributed by atoms with Crippen molar-refractivity contribution in [3.63, 3.8) is 0 Å². The van der Waals surface area contributed by atoms with Crippen LogP contribution in [0.3, 0.4) is 0 Å². The lowest BCUT2D eigenvalue weighted by molar-refractivity contribution is -0.124. The molecule has 2 fully saturated rings. The lowest BCUT2D eigenvalue weighted by Crippen LogP contribution is -2.35. The van der Waals surface area contributed by atoms with Gasteiger partial charge in [0.15, 0.2) is 0 Å². The monoisotopic (exact) mass is 188 g/mol. The Bertz CT molecular complexity index is 353. The zero-order valence-corrected chi connectivity index (χ0v) is 8.73. The Labute approximate surface area is 84.9 Å². The summed E-state index contributed by atoms with van der Waals surface area (Å²) in [7, 11) is 0. The average Bonchev–Trinajstić information content (AvgIpc) is 2.71. The largest absolute Gasteiger partial charge is 0.298 e. The topological polar surface area (TPSA) is 17.1 Å². The fraction of sp³-hybridized carbons (Fsp3) is 0.615. The second-order valence-electron chi connectivity index (χ2n) is 5.15. The van der Waals surface area contributed by atoms with Gasteiger partial charge in [0.2, 0.25) is 0 Å². The third kappa shape index (κ3) is 0.589. The first kappa shape index (κ1) is 8.46. The van der Waals surface area contributed by atoms with Gasteiger partial charge in [-0.25, -0.2) is 0 Å². The molecule has 3 aliphatic carbocycles. The summed E-state index contributed by atoms with van der Waals surface area (Å²) in [5, 5.41) is 0. The maximum atomic E-state index is 12.2. The molecule has 1 heteroatoms. The Morgan fingerprint density at radius 1 is 1.36 bits per heavy atom. The van der Waals surface area contributed by atoms with Crippen molar-refractivity contribution >= 4 is 5.78 Å². The Balaban J connectivity index is 2.28. The van der Waals surface area contributed by atoms with E-state index in [1.165, 1.54) is 17.6 Å². The van der Waals surface area contributed by atoms with Crippen LogP contribution >= 0.6 is 0 Å². The van der Waals surface area contributed by atoms with Crippen molar-refractivity contribution in [2.75, 3.05) is 0 Å². The van der Waals surface area contributed by atoms with Crippen LogP contribution in [0.2, 0.25) is 0 Å². The van der Waals surface area contributed by atoms with Gasteiger partial charge in [0.05, 0.1) is 5.41 Å². The highest BCUT2D eigenvalue weighted by molar-refractivity contribution is 5.96. The van der Waals surface area contributed by atoms with Crippen LogP contribution in [0.25, 0.3) is 0 Å². The number of allylic oxidation sites excluding steroid dienone is 3. The summed E-state index contributed by atoms with van der Waals surface area (Å²) in [6.07, 6.45) is 7.52. The van der Waals surface area contributed by atoms with Gasteiger partial charge in [-0.05, 0) is 38.0 Å². The third-order valence-corrected chi connectivity index (χ3v) is 4.87. The molecule has 0 saturated heterocycles. The molecular weight excluding hydrogens is 172 g/mol. The number of ketones is 1. The third-order valence-electron chi connectivity index (χ3n) is 4.87. The van der Waals surface area contributed by atoms with E-state index < -0.39 is 0 Å². The molecule has 3 rings (SSSR count). The summed E-state index contributed by atoms with van der Waals surface area (Å²) in [4.78, 5) is 12.2. The van der Waals surface area contributed by atoms with E-state index in [2.05, 4.69) is 19.6 Å². The van der Waals surface area contributed by atoms with Gasteiger partial charge >= 0.3 is 0 Å². The van der Waals surface area contributed by atoms with Crippen molar-refractivity contribution in [2.45, 2.75) is 39.0 Å². The minimum atomic E-state index is -0.201. The fourth-order valence-electron chi connectivity index (χ4n) is 4.26. The highest BCUT2D eigenvalue weighted by Crippen LogP contribution is 2.70. The van der Waals surface area contributed by atoms with Gasteiger partial charge in [-0.1, -0.05) is 23.8 Å². The highest BCUT2D eigenvalue weighted by atomic mass is 16.1.